The molecule has 2 unspecified atom stereocenters. The summed E-state index contributed by atoms with van der Waals surface area (Å²) in [6.07, 6.45) is 1.99. The number of nitrogens with one attached hydrogen (secondary N) is 1. The monoisotopic (exact) mass is 255 g/mol. The molecule has 0 aliphatic carbocycles. The highest BCUT2D eigenvalue weighted by atomic mass is 19.1. The number of halogens is 2. The second kappa shape index (κ2) is 5.76. The second-order valence-electron chi connectivity index (χ2n) is 4.87. The predicted molar refractivity (Wildman–Crippen MR) is 66.4 cm³/mol. The fourth-order valence-electron chi connectivity index (χ4n) is 2.59. The molecular weight excluding hydrogens is 236 g/mol. The summed E-state index contributed by atoms with van der Waals surface area (Å²) in [4.78, 5) is 0. The molecule has 1 saturated heterocycles. The largest absolute Gasteiger partial charge is 0.381 e. The van der Waals surface area contributed by atoms with Crippen molar-refractivity contribution in [3.05, 3.63) is 34.9 Å². The number of rotatable bonds is 3. The van der Waals surface area contributed by atoms with E-state index in [1.54, 1.807) is 20.0 Å². The van der Waals surface area contributed by atoms with E-state index in [4.69, 9.17) is 4.74 Å². The summed E-state index contributed by atoms with van der Waals surface area (Å²) in [5, 5.41) is 3.13. The molecule has 2 nitrogen and oxygen atoms in total. The molecular formula is C14H19F2NO. The van der Waals surface area contributed by atoms with Gasteiger partial charge in [0.1, 0.15) is 11.6 Å². The van der Waals surface area contributed by atoms with Gasteiger partial charge in [0.05, 0.1) is 6.61 Å². The van der Waals surface area contributed by atoms with Crippen LogP contribution < -0.4 is 5.32 Å². The summed E-state index contributed by atoms with van der Waals surface area (Å²) in [6.45, 7) is 3.06. The van der Waals surface area contributed by atoms with Crippen molar-refractivity contribution < 1.29 is 13.5 Å². The van der Waals surface area contributed by atoms with Crippen LogP contribution in [0.4, 0.5) is 8.78 Å². The molecule has 0 amide bonds. The summed E-state index contributed by atoms with van der Waals surface area (Å²) in [6, 6.07) is 2.45. The first-order valence-corrected chi connectivity index (χ1v) is 6.34. The Morgan fingerprint density at radius 1 is 1.33 bits per heavy atom. The van der Waals surface area contributed by atoms with Crippen LogP contribution >= 0.6 is 0 Å². The molecule has 0 radical (unpaired) electrons. The third-order valence-electron chi connectivity index (χ3n) is 3.59. The van der Waals surface area contributed by atoms with Gasteiger partial charge in [0, 0.05) is 30.2 Å². The van der Waals surface area contributed by atoms with Crippen LogP contribution in [0.2, 0.25) is 0 Å². The van der Waals surface area contributed by atoms with Crippen molar-refractivity contribution in [2.45, 2.75) is 25.8 Å². The minimum absolute atomic E-state index is 0.121. The lowest BCUT2D eigenvalue weighted by Gasteiger charge is -2.30. The van der Waals surface area contributed by atoms with Crippen molar-refractivity contribution in [1.82, 2.24) is 5.32 Å². The molecule has 1 fully saturated rings. The van der Waals surface area contributed by atoms with E-state index >= 15 is 0 Å². The summed E-state index contributed by atoms with van der Waals surface area (Å²) in [5.74, 6) is -0.739. The first-order chi connectivity index (χ1) is 8.63. The number of ether oxygens (including phenoxy) is 1. The first-order valence-electron chi connectivity index (χ1n) is 6.34. The Morgan fingerprint density at radius 3 is 2.72 bits per heavy atom. The van der Waals surface area contributed by atoms with E-state index in [9.17, 15) is 8.78 Å². The minimum atomic E-state index is -0.494. The molecule has 2 rings (SSSR count). The predicted octanol–water partition coefficient (Wildman–Crippen LogP) is 2.96. The Balaban J connectivity index is 2.28. The zero-order chi connectivity index (χ0) is 13.1. The van der Waals surface area contributed by atoms with Crippen molar-refractivity contribution in [3.63, 3.8) is 0 Å². The zero-order valence-corrected chi connectivity index (χ0v) is 10.8. The fraction of sp³-hybridized carbons (Fsp3) is 0.571. The lowest BCUT2D eigenvalue weighted by atomic mass is 9.88. The summed E-state index contributed by atoms with van der Waals surface area (Å²) in [7, 11) is 1.80. The molecule has 1 aromatic rings. The van der Waals surface area contributed by atoms with Crippen molar-refractivity contribution in [2.24, 2.45) is 5.92 Å². The fourth-order valence-corrected chi connectivity index (χ4v) is 2.59. The summed E-state index contributed by atoms with van der Waals surface area (Å²) < 4.78 is 32.6. The molecule has 1 aliphatic rings. The standard InChI is InChI=1S/C14H19F2NO/c1-9-6-11(13(16)7-12(9)15)14(17-2)10-4-3-5-18-8-10/h6-7,10,14,17H,3-5,8H2,1-2H3. The van der Waals surface area contributed by atoms with Crippen LogP contribution in [0.1, 0.15) is 30.0 Å². The maximum atomic E-state index is 13.9. The van der Waals surface area contributed by atoms with E-state index in [2.05, 4.69) is 5.32 Å². The van der Waals surface area contributed by atoms with Crippen LogP contribution in [0.5, 0.6) is 0 Å². The van der Waals surface area contributed by atoms with Gasteiger partial charge in [-0.15, -0.1) is 0 Å². The van der Waals surface area contributed by atoms with Gasteiger partial charge in [-0.25, -0.2) is 8.78 Å². The van der Waals surface area contributed by atoms with Crippen LogP contribution in [-0.4, -0.2) is 20.3 Å². The highest BCUT2D eigenvalue weighted by molar-refractivity contribution is 5.28. The lowest BCUT2D eigenvalue weighted by Crippen LogP contribution is -2.32. The van der Waals surface area contributed by atoms with E-state index in [1.807, 2.05) is 0 Å². The maximum absolute atomic E-state index is 13.9. The zero-order valence-electron chi connectivity index (χ0n) is 10.8. The van der Waals surface area contributed by atoms with E-state index < -0.39 is 11.6 Å². The molecule has 0 saturated carbocycles. The van der Waals surface area contributed by atoms with Gasteiger partial charge in [0.15, 0.2) is 0 Å². The van der Waals surface area contributed by atoms with Gasteiger partial charge < -0.3 is 10.1 Å². The van der Waals surface area contributed by atoms with Crippen LogP contribution in [0, 0.1) is 24.5 Å². The van der Waals surface area contributed by atoms with Crippen LogP contribution in [-0.2, 0) is 4.74 Å². The highest BCUT2D eigenvalue weighted by Gasteiger charge is 2.27. The van der Waals surface area contributed by atoms with E-state index in [0.717, 1.165) is 25.5 Å². The van der Waals surface area contributed by atoms with Crippen molar-refractivity contribution in [1.29, 1.82) is 0 Å². The smallest absolute Gasteiger partial charge is 0.130 e. The minimum Gasteiger partial charge on any atom is -0.381 e. The van der Waals surface area contributed by atoms with Gasteiger partial charge >= 0.3 is 0 Å². The van der Waals surface area contributed by atoms with Gasteiger partial charge in [-0.05, 0) is 38.4 Å². The quantitative estimate of drug-likeness (QED) is 0.896. The van der Waals surface area contributed by atoms with Crippen LogP contribution in [0.25, 0.3) is 0 Å². The Kier molecular flexibility index (Phi) is 4.30. The Hall–Kier alpha value is -1.00. The van der Waals surface area contributed by atoms with E-state index in [-0.39, 0.29) is 12.0 Å². The number of hydrogen-bond acceptors (Lipinski definition) is 2. The van der Waals surface area contributed by atoms with Gasteiger partial charge in [-0.1, -0.05) is 0 Å². The molecule has 4 heteroatoms. The van der Waals surface area contributed by atoms with Gasteiger partial charge in [-0.2, -0.15) is 0 Å². The van der Waals surface area contributed by atoms with Gasteiger partial charge in [0.25, 0.3) is 0 Å². The van der Waals surface area contributed by atoms with Crippen molar-refractivity contribution in [2.75, 3.05) is 20.3 Å². The second-order valence-corrected chi connectivity index (χ2v) is 4.87. The van der Waals surface area contributed by atoms with Crippen LogP contribution in [0.3, 0.4) is 0 Å². The molecule has 1 N–H and O–H groups in total. The SMILES string of the molecule is CNC(c1cc(C)c(F)cc1F)C1CCCOC1. The molecule has 1 aromatic carbocycles. The van der Waals surface area contributed by atoms with Crippen LogP contribution in [0.15, 0.2) is 12.1 Å². The Labute approximate surface area is 106 Å². The topological polar surface area (TPSA) is 21.3 Å². The third-order valence-corrected chi connectivity index (χ3v) is 3.59. The molecule has 0 spiro atoms. The average molecular weight is 255 g/mol. The first kappa shape index (κ1) is 13.4. The highest BCUT2D eigenvalue weighted by Crippen LogP contribution is 2.31. The summed E-state index contributed by atoms with van der Waals surface area (Å²) >= 11 is 0. The molecule has 1 aliphatic heterocycles. The average Bonchev–Trinajstić information content (AvgIpc) is 2.38. The number of benzene rings is 1. The van der Waals surface area contributed by atoms with Crippen molar-refractivity contribution in [3.8, 4) is 0 Å². The molecule has 2 atom stereocenters. The third kappa shape index (κ3) is 2.70. The van der Waals surface area contributed by atoms with Gasteiger partial charge in [-0.3, -0.25) is 0 Å². The van der Waals surface area contributed by atoms with Gasteiger partial charge in [0.2, 0.25) is 0 Å². The molecule has 0 bridgehead atoms. The maximum Gasteiger partial charge on any atom is 0.130 e. The van der Waals surface area contributed by atoms with E-state index in [1.165, 1.54) is 0 Å². The molecule has 0 aromatic heterocycles. The normalized spacial score (nSPS) is 21.9. The summed E-state index contributed by atoms with van der Waals surface area (Å²) in [5.41, 5.74) is 1.01. The number of aryl methyl sites for hydroxylation is 1. The Morgan fingerprint density at radius 2 is 2.11 bits per heavy atom. The molecule has 18 heavy (non-hydrogen) atoms. The molecule has 100 valence electrons. The Bertz CT molecular complexity index is 417. The van der Waals surface area contributed by atoms with Crippen molar-refractivity contribution >= 4 is 0 Å². The van der Waals surface area contributed by atoms with E-state index in [0.29, 0.717) is 17.7 Å². The molecule has 1 heterocycles. The lowest BCUT2D eigenvalue weighted by molar-refractivity contribution is 0.0396. The number of hydrogen-bond donors (Lipinski definition) is 1.